The third-order valence-corrected chi connectivity index (χ3v) is 4.45. The molecule has 8 nitrogen and oxygen atoms in total. The SMILES string of the molecule is O=C(Nc1nc2c(s1)COCC2)c1ccccc1-n1cnnn1. The van der Waals surface area contributed by atoms with E-state index in [1.165, 1.54) is 22.3 Å². The van der Waals surface area contributed by atoms with Crippen LogP contribution in [-0.2, 0) is 17.8 Å². The quantitative estimate of drug-likeness (QED) is 0.782. The van der Waals surface area contributed by atoms with Crippen LogP contribution in [0.5, 0.6) is 0 Å². The minimum absolute atomic E-state index is 0.247. The number of rotatable bonds is 3. The van der Waals surface area contributed by atoms with Gasteiger partial charge >= 0.3 is 0 Å². The summed E-state index contributed by atoms with van der Waals surface area (Å²) in [6.45, 7) is 1.23. The highest BCUT2D eigenvalue weighted by atomic mass is 32.1. The predicted molar refractivity (Wildman–Crippen MR) is 82.6 cm³/mol. The Morgan fingerprint density at radius 2 is 2.26 bits per heavy atom. The van der Waals surface area contributed by atoms with Gasteiger partial charge in [0.1, 0.15) is 6.33 Å². The number of anilines is 1. The molecule has 1 amide bonds. The average Bonchev–Trinajstić information content (AvgIpc) is 3.24. The van der Waals surface area contributed by atoms with Gasteiger partial charge in [0.05, 0.1) is 35.0 Å². The topological polar surface area (TPSA) is 94.8 Å². The maximum atomic E-state index is 12.6. The van der Waals surface area contributed by atoms with Crippen LogP contribution in [0.1, 0.15) is 20.9 Å². The van der Waals surface area contributed by atoms with E-state index in [-0.39, 0.29) is 5.91 Å². The number of para-hydroxylation sites is 1. The first kappa shape index (κ1) is 14.0. The molecule has 9 heteroatoms. The van der Waals surface area contributed by atoms with Crippen LogP contribution >= 0.6 is 11.3 Å². The molecule has 0 unspecified atom stereocenters. The molecule has 3 heterocycles. The van der Waals surface area contributed by atoms with Crippen LogP contribution in [0.2, 0.25) is 0 Å². The zero-order valence-corrected chi connectivity index (χ0v) is 12.8. The van der Waals surface area contributed by atoms with Gasteiger partial charge in [-0.05, 0) is 22.6 Å². The lowest BCUT2D eigenvalue weighted by Gasteiger charge is -2.08. The van der Waals surface area contributed by atoms with E-state index in [0.717, 1.165) is 17.0 Å². The summed E-state index contributed by atoms with van der Waals surface area (Å²) in [4.78, 5) is 18.1. The Labute approximate surface area is 135 Å². The van der Waals surface area contributed by atoms with Crippen molar-refractivity contribution in [3.8, 4) is 5.69 Å². The fourth-order valence-electron chi connectivity index (χ4n) is 2.38. The summed E-state index contributed by atoms with van der Waals surface area (Å²) in [5.41, 5.74) is 2.09. The Morgan fingerprint density at radius 1 is 1.35 bits per heavy atom. The third-order valence-electron chi connectivity index (χ3n) is 3.46. The van der Waals surface area contributed by atoms with Gasteiger partial charge in [0.2, 0.25) is 0 Å². The molecule has 1 N–H and O–H groups in total. The summed E-state index contributed by atoms with van der Waals surface area (Å²) in [6, 6.07) is 7.13. The molecule has 116 valence electrons. The molecule has 23 heavy (non-hydrogen) atoms. The van der Waals surface area contributed by atoms with Gasteiger partial charge in [-0.15, -0.1) is 5.10 Å². The average molecular weight is 328 g/mol. The summed E-state index contributed by atoms with van der Waals surface area (Å²) >= 11 is 1.45. The first-order valence-electron chi connectivity index (χ1n) is 7.01. The zero-order chi connectivity index (χ0) is 15.6. The van der Waals surface area contributed by atoms with Crippen molar-refractivity contribution >= 4 is 22.4 Å². The van der Waals surface area contributed by atoms with Gasteiger partial charge in [0.15, 0.2) is 5.13 Å². The van der Waals surface area contributed by atoms with Crippen LogP contribution in [0.4, 0.5) is 5.13 Å². The number of aromatic nitrogens is 5. The number of carbonyl (C=O) groups is 1. The minimum Gasteiger partial charge on any atom is -0.375 e. The van der Waals surface area contributed by atoms with Gasteiger partial charge in [-0.2, -0.15) is 4.68 Å². The van der Waals surface area contributed by atoms with Crippen LogP contribution in [0.25, 0.3) is 5.69 Å². The fraction of sp³-hybridized carbons (Fsp3) is 0.214. The van der Waals surface area contributed by atoms with E-state index in [1.807, 2.05) is 6.07 Å². The number of nitrogens with one attached hydrogen (secondary N) is 1. The lowest BCUT2D eigenvalue weighted by molar-refractivity contribution is 0.102. The van der Waals surface area contributed by atoms with Crippen LogP contribution in [-0.4, -0.2) is 37.7 Å². The molecule has 0 spiro atoms. The molecule has 3 aromatic rings. The molecule has 1 aromatic carbocycles. The van der Waals surface area contributed by atoms with Crippen molar-refractivity contribution in [3.63, 3.8) is 0 Å². The van der Waals surface area contributed by atoms with Crippen molar-refractivity contribution < 1.29 is 9.53 Å². The summed E-state index contributed by atoms with van der Waals surface area (Å²) in [6.07, 6.45) is 2.23. The maximum Gasteiger partial charge on any atom is 0.259 e. The molecule has 0 radical (unpaired) electrons. The number of carbonyl (C=O) groups excluding carboxylic acids is 1. The molecule has 1 aliphatic rings. The van der Waals surface area contributed by atoms with Crippen molar-refractivity contribution in [2.45, 2.75) is 13.0 Å². The van der Waals surface area contributed by atoms with Crippen molar-refractivity contribution in [1.82, 2.24) is 25.2 Å². The Balaban J connectivity index is 1.61. The Kier molecular flexibility index (Phi) is 3.56. The number of thiazole rings is 1. The molecule has 1 aliphatic heterocycles. The van der Waals surface area contributed by atoms with Gasteiger partial charge in [-0.25, -0.2) is 4.98 Å². The smallest absolute Gasteiger partial charge is 0.259 e. The van der Waals surface area contributed by atoms with Crippen LogP contribution < -0.4 is 5.32 Å². The first-order chi connectivity index (χ1) is 11.3. The number of benzene rings is 1. The highest BCUT2D eigenvalue weighted by Crippen LogP contribution is 2.27. The van der Waals surface area contributed by atoms with Crippen molar-refractivity contribution in [2.24, 2.45) is 0 Å². The lowest BCUT2D eigenvalue weighted by atomic mass is 10.1. The molecule has 0 aliphatic carbocycles. The van der Waals surface area contributed by atoms with Gasteiger partial charge in [0.25, 0.3) is 5.91 Å². The summed E-state index contributed by atoms with van der Waals surface area (Å²) in [7, 11) is 0. The standard InChI is InChI=1S/C14H12N6O2S/c21-13(17-14-16-10-5-6-22-7-12(10)23-14)9-3-1-2-4-11(9)20-8-15-18-19-20/h1-4,8H,5-7H2,(H,16,17,21). The van der Waals surface area contributed by atoms with Gasteiger partial charge in [-0.3, -0.25) is 10.1 Å². The monoisotopic (exact) mass is 328 g/mol. The molecule has 0 saturated carbocycles. The number of tetrazole rings is 1. The second-order valence-corrected chi connectivity index (χ2v) is 6.00. The van der Waals surface area contributed by atoms with E-state index in [4.69, 9.17) is 4.74 Å². The summed E-state index contributed by atoms with van der Waals surface area (Å²) in [5, 5.41) is 14.5. The van der Waals surface area contributed by atoms with Gasteiger partial charge < -0.3 is 4.74 Å². The lowest BCUT2D eigenvalue weighted by Crippen LogP contribution is -2.15. The molecule has 4 rings (SSSR count). The first-order valence-corrected chi connectivity index (χ1v) is 7.83. The van der Waals surface area contributed by atoms with Crippen molar-refractivity contribution in [1.29, 1.82) is 0 Å². The second-order valence-electron chi connectivity index (χ2n) is 4.92. The fourth-order valence-corrected chi connectivity index (χ4v) is 3.32. The number of nitrogens with zero attached hydrogens (tertiary/aromatic N) is 5. The highest BCUT2D eigenvalue weighted by molar-refractivity contribution is 7.15. The Bertz CT molecular complexity index is 821. The Hall–Kier alpha value is -2.65. The van der Waals surface area contributed by atoms with Crippen LogP contribution in [0.15, 0.2) is 30.6 Å². The second kappa shape index (κ2) is 5.86. The van der Waals surface area contributed by atoms with Gasteiger partial charge in [0, 0.05) is 6.42 Å². The summed E-state index contributed by atoms with van der Waals surface area (Å²) in [5.74, 6) is -0.247. The van der Waals surface area contributed by atoms with E-state index in [2.05, 4.69) is 25.8 Å². The maximum absolute atomic E-state index is 12.6. The predicted octanol–water partition coefficient (Wildman–Crippen LogP) is 1.44. The van der Waals surface area contributed by atoms with Gasteiger partial charge in [-0.1, -0.05) is 23.5 Å². The van der Waals surface area contributed by atoms with E-state index >= 15 is 0 Å². The molecule has 0 bridgehead atoms. The van der Waals surface area contributed by atoms with E-state index < -0.39 is 0 Å². The van der Waals surface area contributed by atoms with Crippen molar-refractivity contribution in [3.05, 3.63) is 46.7 Å². The number of hydrogen-bond donors (Lipinski definition) is 1. The van der Waals surface area contributed by atoms with Crippen LogP contribution in [0.3, 0.4) is 0 Å². The van der Waals surface area contributed by atoms with Crippen molar-refractivity contribution in [2.75, 3.05) is 11.9 Å². The third kappa shape index (κ3) is 2.71. The molecule has 0 fully saturated rings. The molecular formula is C14H12N6O2S. The largest absolute Gasteiger partial charge is 0.375 e. The summed E-state index contributed by atoms with van der Waals surface area (Å²) < 4.78 is 6.85. The number of ether oxygens (including phenoxy) is 1. The number of fused-ring (bicyclic) bond motifs is 1. The zero-order valence-electron chi connectivity index (χ0n) is 12.0. The number of hydrogen-bond acceptors (Lipinski definition) is 7. The molecular weight excluding hydrogens is 316 g/mol. The number of amides is 1. The highest BCUT2D eigenvalue weighted by Gasteiger charge is 2.19. The van der Waals surface area contributed by atoms with E-state index in [1.54, 1.807) is 18.2 Å². The van der Waals surface area contributed by atoms with Crippen LogP contribution in [0, 0.1) is 0 Å². The Morgan fingerprint density at radius 3 is 3.09 bits per heavy atom. The molecule has 0 atom stereocenters. The normalized spacial score (nSPS) is 13.6. The van der Waals surface area contributed by atoms with E-state index in [9.17, 15) is 4.79 Å². The molecule has 2 aromatic heterocycles. The molecule has 0 saturated heterocycles. The van der Waals surface area contributed by atoms with E-state index in [0.29, 0.717) is 29.6 Å². The minimum atomic E-state index is -0.247.